The Morgan fingerprint density at radius 3 is 2.61 bits per heavy atom. The van der Waals surface area contributed by atoms with Crippen LogP contribution in [0.2, 0.25) is 0 Å². The van der Waals surface area contributed by atoms with Crippen LogP contribution in [0.3, 0.4) is 0 Å². The number of carbonyl (C=O) groups is 2. The van der Waals surface area contributed by atoms with Gasteiger partial charge in [0.15, 0.2) is 5.78 Å². The van der Waals surface area contributed by atoms with E-state index in [1.807, 2.05) is 31.2 Å². The highest BCUT2D eigenvalue weighted by Gasteiger charge is 2.75. The first-order valence-electron chi connectivity index (χ1n) is 11.7. The van der Waals surface area contributed by atoms with Gasteiger partial charge in [-0.15, -0.1) is 0 Å². The van der Waals surface area contributed by atoms with Crippen molar-refractivity contribution in [3.63, 3.8) is 0 Å². The van der Waals surface area contributed by atoms with Crippen LogP contribution in [0.1, 0.15) is 51.0 Å². The normalized spacial score (nSPS) is 39.5. The zero-order valence-electron chi connectivity index (χ0n) is 18.5. The molecule has 5 rings (SSSR count). The summed E-state index contributed by atoms with van der Waals surface area (Å²) in [4.78, 5) is 28.8. The van der Waals surface area contributed by atoms with Gasteiger partial charge in [0, 0.05) is 17.8 Å². The fraction of sp³-hybridized carbons (Fsp3) is 0.680. The summed E-state index contributed by atoms with van der Waals surface area (Å²) in [6.07, 6.45) is 4.03. The Morgan fingerprint density at radius 2 is 1.90 bits per heavy atom. The van der Waals surface area contributed by atoms with Crippen molar-refractivity contribution in [2.45, 2.75) is 69.6 Å². The highest BCUT2D eigenvalue weighted by molar-refractivity contribution is 5.93. The molecule has 1 aromatic carbocycles. The van der Waals surface area contributed by atoms with E-state index in [1.54, 1.807) is 7.11 Å². The van der Waals surface area contributed by atoms with Crippen LogP contribution in [0.5, 0.6) is 5.75 Å². The number of methoxy groups -OCH3 is 1. The van der Waals surface area contributed by atoms with Gasteiger partial charge in [0.2, 0.25) is 0 Å². The Bertz CT molecular complexity index is 869. The van der Waals surface area contributed by atoms with Gasteiger partial charge in [-0.25, -0.2) is 0 Å². The molecule has 0 radical (unpaired) electrons. The van der Waals surface area contributed by atoms with E-state index in [0.717, 1.165) is 50.1 Å². The molecule has 4 aliphatic rings. The fourth-order valence-corrected chi connectivity index (χ4v) is 7.59. The molecule has 6 heteroatoms. The Balaban J connectivity index is 1.41. The molecule has 0 amide bonds. The number of ketones is 1. The summed E-state index contributed by atoms with van der Waals surface area (Å²) >= 11 is 0. The van der Waals surface area contributed by atoms with Crippen LogP contribution in [0.15, 0.2) is 24.3 Å². The minimum absolute atomic E-state index is 0.0326. The molecule has 0 aromatic heterocycles. The molecule has 1 unspecified atom stereocenters. The maximum absolute atomic E-state index is 13.5. The first-order chi connectivity index (χ1) is 14.9. The lowest BCUT2D eigenvalue weighted by Gasteiger charge is -2.59. The summed E-state index contributed by atoms with van der Waals surface area (Å²) in [6, 6.07) is 7.43. The number of Topliss-reactive ketones (excluding diaryl/α,β-unsaturated/α-hetero) is 1. The second kappa shape index (κ2) is 7.59. The van der Waals surface area contributed by atoms with Gasteiger partial charge < -0.3 is 14.6 Å². The Hall–Kier alpha value is -1.92. The van der Waals surface area contributed by atoms with E-state index in [0.29, 0.717) is 12.8 Å². The minimum atomic E-state index is -0.546. The van der Waals surface area contributed by atoms with E-state index in [9.17, 15) is 14.7 Å². The molecule has 2 aliphatic heterocycles. The highest BCUT2D eigenvalue weighted by Crippen LogP contribution is 2.66. The molecule has 2 heterocycles. The number of rotatable bonds is 4. The molecule has 31 heavy (non-hydrogen) atoms. The van der Waals surface area contributed by atoms with Crippen molar-refractivity contribution < 1.29 is 24.2 Å². The van der Waals surface area contributed by atoms with Crippen molar-refractivity contribution in [1.82, 2.24) is 4.90 Å². The predicted octanol–water partition coefficient (Wildman–Crippen LogP) is 2.75. The van der Waals surface area contributed by atoms with Crippen LogP contribution in [-0.2, 0) is 20.7 Å². The molecule has 0 bridgehead atoms. The number of hydrogen-bond acceptors (Lipinski definition) is 6. The summed E-state index contributed by atoms with van der Waals surface area (Å²) in [5.41, 5.74) is -0.144. The molecule has 1 aromatic rings. The number of esters is 1. The van der Waals surface area contributed by atoms with E-state index in [2.05, 4.69) is 4.90 Å². The number of piperidine rings is 1. The number of aliphatic hydroxyl groups excluding tert-OH is 1. The average Bonchev–Trinajstić information content (AvgIpc) is 3.31. The average molecular weight is 428 g/mol. The van der Waals surface area contributed by atoms with Crippen molar-refractivity contribution in [2.24, 2.45) is 17.3 Å². The summed E-state index contributed by atoms with van der Waals surface area (Å²) in [6.45, 7) is 3.92. The third-order valence-corrected chi connectivity index (χ3v) is 8.75. The number of ether oxygens (including phenoxy) is 2. The summed E-state index contributed by atoms with van der Waals surface area (Å²) < 4.78 is 11.3. The van der Waals surface area contributed by atoms with Gasteiger partial charge in [-0.2, -0.15) is 0 Å². The van der Waals surface area contributed by atoms with Crippen LogP contribution in [0.25, 0.3) is 0 Å². The number of nitrogens with zero attached hydrogens (tertiary/aromatic N) is 1. The third kappa shape index (κ3) is 2.91. The molecule has 2 saturated heterocycles. The van der Waals surface area contributed by atoms with Crippen LogP contribution in [-0.4, -0.2) is 59.7 Å². The summed E-state index contributed by atoms with van der Waals surface area (Å²) in [5.74, 6) is 0.687. The van der Waals surface area contributed by atoms with E-state index in [4.69, 9.17) is 9.47 Å². The van der Waals surface area contributed by atoms with Crippen molar-refractivity contribution >= 4 is 11.8 Å². The largest absolute Gasteiger partial charge is 0.497 e. The maximum Gasteiger partial charge on any atom is 0.310 e. The van der Waals surface area contributed by atoms with E-state index in [-0.39, 0.29) is 36.1 Å². The third-order valence-electron chi connectivity index (χ3n) is 8.75. The standard InChI is InChI=1S/C25H33NO5/c1-16-13-20(27)24-9-3-11-26-12-4-10-25(24,26)21(28)15-19(24)23(16)31-22(29)14-17-5-7-18(30-2)8-6-17/h5-8,16,19-20,23,27H,3-4,9-15H2,1-2H3/t16-,19+,20?,23-,24+,25-/m0/s1. The van der Waals surface area contributed by atoms with Crippen LogP contribution in [0, 0.1) is 17.3 Å². The molecule has 6 nitrogen and oxygen atoms in total. The summed E-state index contributed by atoms with van der Waals surface area (Å²) in [7, 11) is 1.62. The van der Waals surface area contributed by atoms with Crippen molar-refractivity contribution in [1.29, 1.82) is 0 Å². The van der Waals surface area contributed by atoms with Gasteiger partial charge in [-0.05, 0) is 68.8 Å². The van der Waals surface area contributed by atoms with Crippen molar-refractivity contribution in [3.8, 4) is 5.75 Å². The Kier molecular flexibility index (Phi) is 5.13. The van der Waals surface area contributed by atoms with Gasteiger partial charge in [0.25, 0.3) is 0 Å². The Labute approximate surface area is 183 Å². The van der Waals surface area contributed by atoms with Crippen LogP contribution in [0.4, 0.5) is 0 Å². The fourth-order valence-electron chi connectivity index (χ4n) is 7.59. The molecular weight excluding hydrogens is 394 g/mol. The predicted molar refractivity (Wildman–Crippen MR) is 115 cm³/mol. The maximum atomic E-state index is 13.5. The topological polar surface area (TPSA) is 76.1 Å². The van der Waals surface area contributed by atoms with E-state index >= 15 is 0 Å². The molecule has 4 fully saturated rings. The van der Waals surface area contributed by atoms with E-state index < -0.39 is 17.1 Å². The van der Waals surface area contributed by atoms with Crippen LogP contribution >= 0.6 is 0 Å². The molecule has 1 N–H and O–H groups in total. The van der Waals surface area contributed by atoms with Crippen molar-refractivity contribution in [3.05, 3.63) is 29.8 Å². The van der Waals surface area contributed by atoms with Gasteiger partial charge in [-0.3, -0.25) is 14.5 Å². The molecule has 2 spiro atoms. The van der Waals surface area contributed by atoms with Crippen molar-refractivity contribution in [2.75, 3.05) is 20.2 Å². The molecule has 2 aliphatic carbocycles. The zero-order valence-corrected chi connectivity index (χ0v) is 18.5. The van der Waals surface area contributed by atoms with Gasteiger partial charge in [0.1, 0.15) is 11.9 Å². The Morgan fingerprint density at radius 1 is 1.19 bits per heavy atom. The molecule has 6 atom stereocenters. The SMILES string of the molecule is COc1ccc(CC(=O)O[C@@H]2[C@H]3CC(=O)[C@]45CCCN4CCC[C@]35C(O)C[C@@H]2C)cc1. The lowest BCUT2D eigenvalue weighted by molar-refractivity contribution is -0.200. The van der Waals surface area contributed by atoms with Gasteiger partial charge >= 0.3 is 5.97 Å². The van der Waals surface area contributed by atoms with Gasteiger partial charge in [0.05, 0.1) is 25.2 Å². The first-order valence-corrected chi connectivity index (χ1v) is 11.7. The zero-order chi connectivity index (χ0) is 21.8. The number of hydrogen-bond donors (Lipinski definition) is 1. The quantitative estimate of drug-likeness (QED) is 0.745. The molecular formula is C25H33NO5. The first kappa shape index (κ1) is 21.0. The molecule has 2 saturated carbocycles. The lowest BCUT2D eigenvalue weighted by Crippen LogP contribution is -2.69. The number of benzene rings is 1. The number of aliphatic hydroxyl groups is 1. The number of carbonyl (C=O) groups excluding carboxylic acids is 2. The second-order valence-corrected chi connectivity index (χ2v) is 10.0. The lowest BCUT2D eigenvalue weighted by atomic mass is 9.52. The monoisotopic (exact) mass is 427 g/mol. The highest BCUT2D eigenvalue weighted by atomic mass is 16.5. The molecule has 168 valence electrons. The summed E-state index contributed by atoms with van der Waals surface area (Å²) in [5, 5.41) is 11.4. The smallest absolute Gasteiger partial charge is 0.310 e. The van der Waals surface area contributed by atoms with E-state index in [1.165, 1.54) is 0 Å². The van der Waals surface area contributed by atoms with Gasteiger partial charge in [-0.1, -0.05) is 19.1 Å². The second-order valence-electron chi connectivity index (χ2n) is 10.0. The minimum Gasteiger partial charge on any atom is -0.497 e. The van der Waals surface area contributed by atoms with Crippen LogP contribution < -0.4 is 4.74 Å².